The van der Waals surface area contributed by atoms with Crippen LogP contribution in [0.1, 0.15) is 56.2 Å². The Bertz CT molecular complexity index is 748. The van der Waals surface area contributed by atoms with E-state index >= 15 is 0 Å². The number of nitrogens with one attached hydrogen (secondary N) is 1. The van der Waals surface area contributed by atoms with Gasteiger partial charge in [0.15, 0.2) is 0 Å². The van der Waals surface area contributed by atoms with E-state index in [0.29, 0.717) is 18.1 Å². The minimum Gasteiger partial charge on any atom is -0.351 e. The highest BCUT2D eigenvalue weighted by atomic mass is 19.4. The normalized spacial score (nSPS) is 24.3. The molecule has 0 spiro atoms. The zero-order valence-corrected chi connectivity index (χ0v) is 15.8. The highest BCUT2D eigenvalue weighted by molar-refractivity contribution is 6.48. The third-order valence-corrected chi connectivity index (χ3v) is 5.27. The number of alkyl halides is 3. The molecule has 154 valence electrons. The molecule has 0 radical (unpaired) electrons. The molecular formula is C18H26F3N7. The van der Waals surface area contributed by atoms with E-state index in [2.05, 4.69) is 25.4 Å². The number of aromatic nitrogens is 2. The Morgan fingerprint density at radius 1 is 1.21 bits per heavy atom. The molecule has 2 aliphatic carbocycles. The molecule has 0 aromatic carbocycles. The number of hydrogen-bond acceptors (Lipinski definition) is 7. The minimum atomic E-state index is -4.63. The van der Waals surface area contributed by atoms with E-state index in [1.807, 2.05) is 0 Å². The van der Waals surface area contributed by atoms with Crippen LogP contribution in [0.15, 0.2) is 16.3 Å². The smallest absolute Gasteiger partial charge is 0.351 e. The lowest BCUT2D eigenvalue weighted by atomic mass is 9.92. The number of nitrogens with zero attached hydrogens (tertiary/aromatic N) is 4. The van der Waals surface area contributed by atoms with Crippen molar-refractivity contribution in [1.29, 1.82) is 0 Å². The third kappa shape index (κ3) is 4.98. The van der Waals surface area contributed by atoms with E-state index in [0.717, 1.165) is 44.7 Å². The van der Waals surface area contributed by atoms with E-state index in [1.54, 1.807) is 0 Å². The van der Waals surface area contributed by atoms with Gasteiger partial charge in [0.25, 0.3) is 0 Å². The standard InChI is InChI=1S/C18H26F3N7/c1-24-14(8-10-2-3-10)16(28-23)15-13(18(19,20)21)9-25-17(27-15)26-12-6-4-11(22)5-7-12/h9-12H,2-8,22-23H2,1H3,(H,25,26,27). The van der Waals surface area contributed by atoms with Crippen LogP contribution < -0.4 is 16.9 Å². The molecule has 2 saturated carbocycles. The van der Waals surface area contributed by atoms with Gasteiger partial charge in [-0.3, -0.25) is 4.99 Å². The predicted molar refractivity (Wildman–Crippen MR) is 102 cm³/mol. The molecule has 1 aromatic heterocycles. The van der Waals surface area contributed by atoms with Crippen LogP contribution in [0.3, 0.4) is 0 Å². The molecule has 0 saturated heterocycles. The second-order valence-corrected chi connectivity index (χ2v) is 7.51. The Morgan fingerprint density at radius 2 is 1.89 bits per heavy atom. The van der Waals surface area contributed by atoms with Crippen LogP contribution in [-0.4, -0.2) is 40.5 Å². The average molecular weight is 397 g/mol. The van der Waals surface area contributed by atoms with Crippen LogP contribution in [0.4, 0.5) is 19.1 Å². The highest BCUT2D eigenvalue weighted by Crippen LogP contribution is 2.35. The Kier molecular flexibility index (Phi) is 6.17. The maximum atomic E-state index is 13.6. The summed E-state index contributed by atoms with van der Waals surface area (Å²) in [6.45, 7) is 0. The molecule has 3 rings (SSSR count). The zero-order chi connectivity index (χ0) is 20.3. The number of aliphatic imine (C=N–C) groups is 1. The Balaban J connectivity index is 1.91. The average Bonchev–Trinajstić information content (AvgIpc) is 3.47. The second kappa shape index (κ2) is 8.42. The van der Waals surface area contributed by atoms with Crippen LogP contribution in [0.5, 0.6) is 0 Å². The van der Waals surface area contributed by atoms with Crippen LogP contribution >= 0.6 is 0 Å². The fourth-order valence-electron chi connectivity index (χ4n) is 3.45. The molecule has 0 aliphatic heterocycles. The van der Waals surface area contributed by atoms with Gasteiger partial charge in [-0.15, -0.1) is 0 Å². The number of nitrogens with two attached hydrogens (primary N) is 2. The van der Waals surface area contributed by atoms with Crippen molar-refractivity contribution in [2.75, 3.05) is 12.4 Å². The lowest BCUT2D eigenvalue weighted by molar-refractivity contribution is -0.138. The van der Waals surface area contributed by atoms with Gasteiger partial charge in [0.2, 0.25) is 5.95 Å². The van der Waals surface area contributed by atoms with E-state index in [4.69, 9.17) is 11.6 Å². The monoisotopic (exact) mass is 397 g/mol. The van der Waals surface area contributed by atoms with Gasteiger partial charge in [-0.25, -0.2) is 9.97 Å². The quantitative estimate of drug-likeness (QED) is 0.388. The number of halogens is 3. The Labute approximate surface area is 161 Å². The summed E-state index contributed by atoms with van der Waals surface area (Å²) in [5.74, 6) is 6.03. The number of hydrogen-bond donors (Lipinski definition) is 3. The predicted octanol–water partition coefficient (Wildman–Crippen LogP) is 2.71. The van der Waals surface area contributed by atoms with Crippen molar-refractivity contribution >= 4 is 17.4 Å². The van der Waals surface area contributed by atoms with Crippen LogP contribution in [0, 0.1) is 5.92 Å². The van der Waals surface area contributed by atoms with Gasteiger partial charge in [-0.05, 0) is 50.9 Å². The van der Waals surface area contributed by atoms with Gasteiger partial charge in [-0.2, -0.15) is 18.3 Å². The first kappa shape index (κ1) is 20.5. The summed E-state index contributed by atoms with van der Waals surface area (Å²) in [5.41, 5.74) is 5.01. The summed E-state index contributed by atoms with van der Waals surface area (Å²) in [6.07, 6.45) is 2.12. The van der Waals surface area contributed by atoms with Crippen molar-refractivity contribution in [3.63, 3.8) is 0 Å². The van der Waals surface area contributed by atoms with Crippen LogP contribution in [0.25, 0.3) is 0 Å². The van der Waals surface area contributed by atoms with Gasteiger partial charge in [-0.1, -0.05) is 0 Å². The highest BCUT2D eigenvalue weighted by Gasteiger charge is 2.38. The maximum Gasteiger partial charge on any atom is 0.420 e. The molecule has 1 aromatic rings. The van der Waals surface area contributed by atoms with Gasteiger partial charge in [0, 0.05) is 25.3 Å². The lowest BCUT2D eigenvalue weighted by Gasteiger charge is -2.27. The molecule has 1 heterocycles. The molecule has 0 unspecified atom stereocenters. The van der Waals surface area contributed by atoms with Gasteiger partial charge in [0.1, 0.15) is 17.0 Å². The first-order chi connectivity index (χ1) is 13.3. The summed E-state index contributed by atoms with van der Waals surface area (Å²) in [5, 5.41) is 6.76. The molecule has 5 N–H and O–H groups in total. The van der Waals surface area contributed by atoms with Gasteiger partial charge >= 0.3 is 6.18 Å². The van der Waals surface area contributed by atoms with E-state index < -0.39 is 11.7 Å². The molecule has 0 atom stereocenters. The maximum absolute atomic E-state index is 13.6. The summed E-state index contributed by atoms with van der Waals surface area (Å²) < 4.78 is 40.7. The summed E-state index contributed by atoms with van der Waals surface area (Å²) in [4.78, 5) is 12.2. The lowest BCUT2D eigenvalue weighted by Crippen LogP contribution is -2.33. The zero-order valence-electron chi connectivity index (χ0n) is 15.8. The Hall–Kier alpha value is -2.23. The molecule has 10 heteroatoms. The SMILES string of the molecule is CN=C(CC1CC1)C(=NN)c1nc(NC2CCC(N)CC2)ncc1C(F)(F)F. The molecular weight excluding hydrogens is 371 g/mol. The topological polar surface area (TPSA) is 115 Å². The number of rotatable bonds is 6. The summed E-state index contributed by atoms with van der Waals surface area (Å²) in [7, 11) is 1.53. The van der Waals surface area contributed by atoms with Crippen molar-refractivity contribution in [3.8, 4) is 0 Å². The van der Waals surface area contributed by atoms with Crippen LogP contribution in [-0.2, 0) is 6.18 Å². The first-order valence-electron chi connectivity index (χ1n) is 9.52. The van der Waals surface area contributed by atoms with Crippen molar-refractivity contribution in [3.05, 3.63) is 17.5 Å². The first-order valence-corrected chi connectivity index (χ1v) is 9.52. The summed E-state index contributed by atoms with van der Waals surface area (Å²) in [6, 6.07) is 0.247. The molecule has 0 bridgehead atoms. The van der Waals surface area contributed by atoms with Crippen molar-refractivity contribution in [2.24, 2.45) is 27.6 Å². The summed E-state index contributed by atoms with van der Waals surface area (Å²) >= 11 is 0. The largest absolute Gasteiger partial charge is 0.420 e. The molecule has 7 nitrogen and oxygen atoms in total. The fourth-order valence-corrected chi connectivity index (χ4v) is 3.45. The number of hydrazone groups is 1. The van der Waals surface area contributed by atoms with Gasteiger partial charge in [0.05, 0.1) is 5.71 Å². The van der Waals surface area contributed by atoms with Crippen LogP contribution in [0.2, 0.25) is 0 Å². The molecule has 2 fully saturated rings. The fraction of sp³-hybridized carbons (Fsp3) is 0.667. The van der Waals surface area contributed by atoms with Gasteiger partial charge < -0.3 is 16.9 Å². The van der Waals surface area contributed by atoms with E-state index in [9.17, 15) is 13.2 Å². The molecule has 28 heavy (non-hydrogen) atoms. The minimum absolute atomic E-state index is 0.0298. The number of anilines is 1. The van der Waals surface area contributed by atoms with Crippen molar-refractivity contribution < 1.29 is 13.2 Å². The van der Waals surface area contributed by atoms with Crippen molar-refractivity contribution in [2.45, 2.75) is 63.2 Å². The van der Waals surface area contributed by atoms with Crippen molar-refractivity contribution in [1.82, 2.24) is 9.97 Å². The third-order valence-electron chi connectivity index (χ3n) is 5.27. The molecule has 0 amide bonds. The molecule has 2 aliphatic rings. The van der Waals surface area contributed by atoms with E-state index in [1.165, 1.54) is 7.05 Å². The van der Waals surface area contributed by atoms with E-state index in [-0.39, 0.29) is 29.4 Å². The Morgan fingerprint density at radius 3 is 2.43 bits per heavy atom. The second-order valence-electron chi connectivity index (χ2n) is 7.51.